The van der Waals surface area contributed by atoms with Crippen LogP contribution < -0.4 is 0 Å². The Morgan fingerprint density at radius 3 is 2.23 bits per heavy atom. The summed E-state index contributed by atoms with van der Waals surface area (Å²) in [5.41, 5.74) is 2.21. The molecule has 0 aliphatic carbocycles. The number of carbonyl (C=O) groups is 1. The van der Waals surface area contributed by atoms with E-state index in [4.69, 9.17) is 4.42 Å². The van der Waals surface area contributed by atoms with Crippen LogP contribution >= 0.6 is 0 Å². The summed E-state index contributed by atoms with van der Waals surface area (Å²) in [5, 5.41) is -0.211. The summed E-state index contributed by atoms with van der Waals surface area (Å²) in [6.07, 6.45) is 0. The van der Waals surface area contributed by atoms with Gasteiger partial charge in [0.1, 0.15) is 0 Å². The minimum atomic E-state index is -3.79. The number of aryl methyl sites for hydroxylation is 1. The van der Waals surface area contributed by atoms with Crippen LogP contribution in [0.1, 0.15) is 21.7 Å². The van der Waals surface area contributed by atoms with E-state index in [1.165, 1.54) is 17.7 Å². The topological polar surface area (TPSA) is 70.8 Å². The number of rotatable bonds is 5. The van der Waals surface area contributed by atoms with E-state index in [9.17, 15) is 13.2 Å². The van der Waals surface area contributed by atoms with E-state index < -0.39 is 9.84 Å². The van der Waals surface area contributed by atoms with Gasteiger partial charge in [0, 0.05) is 32.7 Å². The van der Waals surface area contributed by atoms with Crippen molar-refractivity contribution in [3.63, 3.8) is 0 Å². The number of benzene rings is 2. The first-order valence-corrected chi connectivity index (χ1v) is 11.4. The maximum absolute atomic E-state index is 12.8. The van der Waals surface area contributed by atoms with Gasteiger partial charge in [-0.15, -0.1) is 0 Å². The number of amides is 1. The fourth-order valence-electron chi connectivity index (χ4n) is 3.52. The highest BCUT2D eigenvalue weighted by molar-refractivity contribution is 7.91. The molecule has 156 valence electrons. The molecule has 0 N–H and O–H groups in total. The van der Waals surface area contributed by atoms with Crippen molar-refractivity contribution < 1.29 is 17.6 Å². The quantitative estimate of drug-likeness (QED) is 0.628. The van der Waals surface area contributed by atoms with Gasteiger partial charge in [0.05, 0.1) is 4.90 Å². The van der Waals surface area contributed by atoms with E-state index in [1.807, 2.05) is 25.1 Å². The van der Waals surface area contributed by atoms with Crippen molar-refractivity contribution in [3.8, 4) is 0 Å². The lowest BCUT2D eigenvalue weighted by Gasteiger charge is -2.34. The van der Waals surface area contributed by atoms with Crippen LogP contribution in [0.25, 0.3) is 0 Å². The van der Waals surface area contributed by atoms with Crippen LogP contribution in [0.5, 0.6) is 0 Å². The van der Waals surface area contributed by atoms with Crippen molar-refractivity contribution in [2.45, 2.75) is 23.5 Å². The van der Waals surface area contributed by atoms with Crippen LogP contribution in [0, 0.1) is 6.92 Å². The summed E-state index contributed by atoms with van der Waals surface area (Å²) in [7, 11) is -3.79. The maximum atomic E-state index is 12.8. The van der Waals surface area contributed by atoms with Gasteiger partial charge in [-0.2, -0.15) is 0 Å². The number of hydrogen-bond donors (Lipinski definition) is 0. The molecule has 0 bridgehead atoms. The summed E-state index contributed by atoms with van der Waals surface area (Å²) in [6.45, 7) is 5.41. The van der Waals surface area contributed by atoms with E-state index in [0.717, 1.165) is 25.2 Å². The monoisotopic (exact) mass is 424 g/mol. The average molecular weight is 425 g/mol. The number of carbonyl (C=O) groups excluding carboxylic acids is 1. The zero-order valence-corrected chi connectivity index (χ0v) is 17.6. The Bertz CT molecular complexity index is 1110. The Morgan fingerprint density at radius 1 is 0.900 bits per heavy atom. The number of sulfone groups is 1. The molecule has 2 heterocycles. The van der Waals surface area contributed by atoms with Crippen molar-refractivity contribution >= 4 is 15.7 Å². The molecule has 4 rings (SSSR count). The molecular formula is C23H24N2O4S. The van der Waals surface area contributed by atoms with E-state index in [-0.39, 0.29) is 21.7 Å². The predicted molar refractivity (Wildman–Crippen MR) is 113 cm³/mol. The Morgan fingerprint density at radius 2 is 1.57 bits per heavy atom. The van der Waals surface area contributed by atoms with Crippen molar-refractivity contribution in [1.82, 2.24) is 9.80 Å². The normalized spacial score (nSPS) is 15.3. The Labute approximate surface area is 176 Å². The molecule has 0 saturated carbocycles. The van der Waals surface area contributed by atoms with E-state index in [1.54, 1.807) is 29.2 Å². The van der Waals surface area contributed by atoms with Gasteiger partial charge in [-0.3, -0.25) is 9.69 Å². The molecule has 3 aromatic rings. The third kappa shape index (κ3) is 4.32. The summed E-state index contributed by atoms with van der Waals surface area (Å²) in [4.78, 5) is 17.0. The first-order valence-electron chi connectivity index (χ1n) is 9.90. The fourth-order valence-corrected chi connectivity index (χ4v) is 4.69. The van der Waals surface area contributed by atoms with Crippen molar-refractivity contribution in [2.75, 3.05) is 26.2 Å². The summed E-state index contributed by atoms with van der Waals surface area (Å²) in [6, 6.07) is 19.6. The van der Waals surface area contributed by atoms with Crippen molar-refractivity contribution in [3.05, 3.63) is 83.6 Å². The first-order chi connectivity index (χ1) is 14.4. The number of piperazine rings is 1. The van der Waals surface area contributed by atoms with Gasteiger partial charge in [-0.25, -0.2) is 8.42 Å². The molecule has 0 unspecified atom stereocenters. The Hall–Kier alpha value is -2.90. The minimum absolute atomic E-state index is 0.0530. The van der Waals surface area contributed by atoms with Crippen LogP contribution in [-0.2, 0) is 16.4 Å². The van der Waals surface area contributed by atoms with Crippen LogP contribution in [0.15, 0.2) is 81.1 Å². The molecule has 1 aliphatic heterocycles. The highest BCUT2D eigenvalue weighted by Crippen LogP contribution is 2.24. The molecule has 1 saturated heterocycles. The standard InChI is InChI=1S/C23H24N2O4S/c1-18-7-9-20(10-8-18)30(27,28)22-12-11-21(29-22)23(26)25-15-13-24(14-16-25)17-19-5-3-2-4-6-19/h2-12H,13-17H2,1H3. The lowest BCUT2D eigenvalue weighted by molar-refractivity contribution is 0.0592. The lowest BCUT2D eigenvalue weighted by Crippen LogP contribution is -2.48. The second kappa shape index (κ2) is 8.45. The Kier molecular flexibility index (Phi) is 5.74. The molecule has 1 amide bonds. The zero-order chi connectivity index (χ0) is 21.1. The summed E-state index contributed by atoms with van der Waals surface area (Å²) >= 11 is 0. The second-order valence-electron chi connectivity index (χ2n) is 7.49. The molecule has 7 heteroatoms. The van der Waals surface area contributed by atoms with Crippen LogP contribution in [-0.4, -0.2) is 50.3 Å². The van der Waals surface area contributed by atoms with Gasteiger partial charge in [-0.05, 0) is 36.8 Å². The van der Waals surface area contributed by atoms with Crippen LogP contribution in [0.2, 0.25) is 0 Å². The SMILES string of the molecule is Cc1ccc(S(=O)(=O)c2ccc(C(=O)N3CCN(Cc4ccccc4)CC3)o2)cc1. The molecule has 0 spiro atoms. The average Bonchev–Trinajstić information content (AvgIpc) is 3.26. The van der Waals surface area contributed by atoms with Crippen LogP contribution in [0.3, 0.4) is 0 Å². The van der Waals surface area contributed by atoms with E-state index >= 15 is 0 Å². The van der Waals surface area contributed by atoms with Gasteiger partial charge in [0.15, 0.2) is 5.76 Å². The highest BCUT2D eigenvalue weighted by atomic mass is 32.2. The summed E-state index contributed by atoms with van der Waals surface area (Å²) in [5.74, 6) is -0.225. The van der Waals surface area contributed by atoms with E-state index in [0.29, 0.717) is 13.1 Å². The smallest absolute Gasteiger partial charge is 0.289 e. The Balaban J connectivity index is 1.40. The molecule has 30 heavy (non-hydrogen) atoms. The second-order valence-corrected chi connectivity index (χ2v) is 9.37. The first kappa shape index (κ1) is 20.4. The highest BCUT2D eigenvalue weighted by Gasteiger charge is 2.27. The zero-order valence-electron chi connectivity index (χ0n) is 16.8. The van der Waals surface area contributed by atoms with Gasteiger partial charge >= 0.3 is 0 Å². The van der Waals surface area contributed by atoms with E-state index in [2.05, 4.69) is 17.0 Å². The molecule has 0 radical (unpaired) electrons. The third-order valence-corrected chi connectivity index (χ3v) is 6.94. The lowest BCUT2D eigenvalue weighted by atomic mass is 10.2. The molecule has 2 aromatic carbocycles. The summed E-state index contributed by atoms with van der Waals surface area (Å²) < 4.78 is 31.0. The molecule has 1 fully saturated rings. The van der Waals surface area contributed by atoms with Crippen molar-refractivity contribution in [1.29, 1.82) is 0 Å². The van der Waals surface area contributed by atoms with Gasteiger partial charge in [0.25, 0.3) is 5.91 Å². The molecule has 6 nitrogen and oxygen atoms in total. The van der Waals surface area contributed by atoms with Gasteiger partial charge in [0.2, 0.25) is 14.9 Å². The molecule has 1 aliphatic rings. The number of furan rings is 1. The minimum Gasteiger partial charge on any atom is -0.439 e. The molecule has 1 aromatic heterocycles. The molecule has 0 atom stereocenters. The number of nitrogens with zero attached hydrogens (tertiary/aromatic N) is 2. The maximum Gasteiger partial charge on any atom is 0.289 e. The van der Waals surface area contributed by atoms with Gasteiger partial charge < -0.3 is 9.32 Å². The van der Waals surface area contributed by atoms with Gasteiger partial charge in [-0.1, -0.05) is 48.0 Å². The largest absolute Gasteiger partial charge is 0.439 e. The van der Waals surface area contributed by atoms with Crippen LogP contribution in [0.4, 0.5) is 0 Å². The molecular weight excluding hydrogens is 400 g/mol. The van der Waals surface area contributed by atoms with Crippen molar-refractivity contribution in [2.24, 2.45) is 0 Å². The fraction of sp³-hybridized carbons (Fsp3) is 0.261. The number of hydrogen-bond acceptors (Lipinski definition) is 5. The predicted octanol–water partition coefficient (Wildman–Crippen LogP) is 3.38. The third-order valence-electron chi connectivity index (χ3n) is 5.30.